The van der Waals surface area contributed by atoms with Crippen molar-refractivity contribution < 1.29 is 4.79 Å². The van der Waals surface area contributed by atoms with E-state index in [1.807, 2.05) is 0 Å². The minimum absolute atomic E-state index is 0.163. The fourth-order valence-electron chi connectivity index (χ4n) is 2.94. The predicted molar refractivity (Wildman–Crippen MR) is 82.0 cm³/mol. The van der Waals surface area contributed by atoms with E-state index in [0.717, 1.165) is 32.2 Å². The molecule has 1 fully saturated rings. The number of amides is 1. The fraction of sp³-hybridized carbons (Fsp3) is 0.533. The second kappa shape index (κ2) is 6.85. The molecule has 21 heavy (non-hydrogen) atoms. The summed E-state index contributed by atoms with van der Waals surface area (Å²) in [5.41, 5.74) is 0. The van der Waals surface area contributed by atoms with Crippen LogP contribution in [0.1, 0.15) is 30.6 Å². The van der Waals surface area contributed by atoms with Gasteiger partial charge in [-0.15, -0.1) is 11.3 Å². The molecule has 112 valence electrons. The molecule has 0 bridgehead atoms. The molecule has 0 spiro atoms. The van der Waals surface area contributed by atoms with Crippen molar-refractivity contribution in [2.45, 2.75) is 44.7 Å². The van der Waals surface area contributed by atoms with Gasteiger partial charge in [-0.25, -0.2) is 9.67 Å². The maximum Gasteiger partial charge on any atom is 0.244 e. The number of nitrogens with zero attached hydrogens (tertiary/aromatic N) is 4. The van der Waals surface area contributed by atoms with E-state index < -0.39 is 0 Å². The molecule has 1 saturated heterocycles. The van der Waals surface area contributed by atoms with Crippen molar-refractivity contribution in [2.24, 2.45) is 0 Å². The van der Waals surface area contributed by atoms with Crippen molar-refractivity contribution >= 4 is 17.2 Å². The van der Waals surface area contributed by atoms with Crippen molar-refractivity contribution in [3.8, 4) is 0 Å². The highest BCUT2D eigenvalue weighted by atomic mass is 32.1. The lowest BCUT2D eigenvalue weighted by Gasteiger charge is -2.36. The van der Waals surface area contributed by atoms with Gasteiger partial charge in [0.25, 0.3) is 0 Å². The van der Waals surface area contributed by atoms with Crippen LogP contribution >= 0.6 is 11.3 Å². The second-order valence-corrected chi connectivity index (χ2v) is 6.48. The van der Waals surface area contributed by atoms with E-state index >= 15 is 0 Å². The van der Waals surface area contributed by atoms with Crippen LogP contribution in [0.15, 0.2) is 30.2 Å². The highest BCUT2D eigenvalue weighted by Crippen LogP contribution is 2.23. The van der Waals surface area contributed by atoms with Gasteiger partial charge in [0, 0.05) is 17.5 Å². The molecule has 2 aromatic heterocycles. The molecule has 1 amide bonds. The van der Waals surface area contributed by atoms with Crippen LogP contribution in [0.4, 0.5) is 0 Å². The van der Waals surface area contributed by atoms with Crippen LogP contribution in [0.3, 0.4) is 0 Å². The normalized spacial score (nSPS) is 18.9. The smallest absolute Gasteiger partial charge is 0.244 e. The van der Waals surface area contributed by atoms with E-state index in [1.54, 1.807) is 22.3 Å². The van der Waals surface area contributed by atoms with Crippen LogP contribution in [0, 0.1) is 0 Å². The SMILES string of the molecule is O=C(Cn1cncn1)N1CCCCC1CCc1cccs1. The molecular formula is C15H20N4OS. The zero-order valence-electron chi connectivity index (χ0n) is 12.0. The van der Waals surface area contributed by atoms with Crippen LogP contribution in [0.25, 0.3) is 0 Å². The van der Waals surface area contributed by atoms with Crippen LogP contribution in [0.5, 0.6) is 0 Å². The number of piperidine rings is 1. The molecule has 0 aromatic carbocycles. The minimum Gasteiger partial charge on any atom is -0.338 e. The van der Waals surface area contributed by atoms with Crippen molar-refractivity contribution in [2.75, 3.05) is 6.54 Å². The molecule has 3 rings (SSSR count). The van der Waals surface area contributed by atoms with E-state index in [-0.39, 0.29) is 5.91 Å². The van der Waals surface area contributed by atoms with Gasteiger partial charge in [0.05, 0.1) is 0 Å². The third kappa shape index (κ3) is 3.69. The molecule has 1 aliphatic rings. The van der Waals surface area contributed by atoms with E-state index in [2.05, 4.69) is 32.5 Å². The van der Waals surface area contributed by atoms with Gasteiger partial charge < -0.3 is 4.90 Å². The van der Waals surface area contributed by atoms with Crippen molar-refractivity contribution in [3.05, 3.63) is 35.0 Å². The Hall–Kier alpha value is -1.69. The average molecular weight is 304 g/mol. The lowest BCUT2D eigenvalue weighted by molar-refractivity contribution is -0.135. The molecule has 0 saturated carbocycles. The van der Waals surface area contributed by atoms with Gasteiger partial charge in [0.2, 0.25) is 5.91 Å². The summed E-state index contributed by atoms with van der Waals surface area (Å²) >= 11 is 1.80. The van der Waals surface area contributed by atoms with Gasteiger partial charge >= 0.3 is 0 Å². The Balaban J connectivity index is 1.59. The van der Waals surface area contributed by atoms with Gasteiger partial charge in [-0.05, 0) is 43.6 Å². The van der Waals surface area contributed by atoms with Crippen LogP contribution < -0.4 is 0 Å². The first kappa shape index (κ1) is 14.3. The number of hydrogen-bond acceptors (Lipinski definition) is 4. The monoisotopic (exact) mass is 304 g/mol. The highest BCUT2D eigenvalue weighted by molar-refractivity contribution is 7.09. The van der Waals surface area contributed by atoms with E-state index in [1.165, 1.54) is 17.6 Å². The summed E-state index contributed by atoms with van der Waals surface area (Å²) in [5.74, 6) is 0.163. The first-order valence-corrected chi connectivity index (χ1v) is 8.35. The molecule has 0 N–H and O–H groups in total. The van der Waals surface area contributed by atoms with Crippen molar-refractivity contribution in [3.63, 3.8) is 0 Å². The molecule has 2 aromatic rings. The molecule has 0 aliphatic carbocycles. The Kier molecular flexibility index (Phi) is 4.65. The molecule has 1 aliphatic heterocycles. The molecule has 6 heteroatoms. The molecule has 1 atom stereocenters. The minimum atomic E-state index is 0.163. The topological polar surface area (TPSA) is 51.0 Å². The second-order valence-electron chi connectivity index (χ2n) is 5.45. The summed E-state index contributed by atoms with van der Waals surface area (Å²) in [6.45, 7) is 1.18. The number of aromatic nitrogens is 3. The lowest BCUT2D eigenvalue weighted by atomic mass is 9.97. The summed E-state index contributed by atoms with van der Waals surface area (Å²) in [6, 6.07) is 4.64. The largest absolute Gasteiger partial charge is 0.338 e. The first-order chi connectivity index (χ1) is 10.3. The Labute approximate surface area is 128 Å². The Morgan fingerprint density at radius 1 is 1.43 bits per heavy atom. The average Bonchev–Trinajstić information content (AvgIpc) is 3.18. The summed E-state index contributed by atoms with van der Waals surface area (Å²) in [6.07, 6.45) is 8.65. The molecule has 3 heterocycles. The van der Waals surface area contributed by atoms with Crippen LogP contribution in [-0.2, 0) is 17.8 Å². The Morgan fingerprint density at radius 3 is 3.14 bits per heavy atom. The van der Waals surface area contributed by atoms with Gasteiger partial charge in [0.1, 0.15) is 19.2 Å². The zero-order chi connectivity index (χ0) is 14.5. The summed E-state index contributed by atoms with van der Waals surface area (Å²) in [4.78, 5) is 19.8. The number of aryl methyl sites for hydroxylation is 1. The standard InChI is InChI=1S/C15H20N4OS/c20-15(10-18-12-16-11-17-18)19-8-2-1-4-13(19)6-7-14-5-3-9-21-14/h3,5,9,11-13H,1-2,4,6-8,10H2. The number of hydrogen-bond donors (Lipinski definition) is 0. The quantitative estimate of drug-likeness (QED) is 0.852. The van der Waals surface area contributed by atoms with Crippen molar-refractivity contribution in [1.82, 2.24) is 19.7 Å². The third-order valence-corrected chi connectivity index (χ3v) is 4.95. The predicted octanol–water partition coefficient (Wildman–Crippen LogP) is 2.35. The summed E-state index contributed by atoms with van der Waals surface area (Å²) in [7, 11) is 0. The van der Waals surface area contributed by atoms with Crippen molar-refractivity contribution in [1.29, 1.82) is 0 Å². The zero-order valence-corrected chi connectivity index (χ0v) is 12.8. The fourth-order valence-corrected chi connectivity index (χ4v) is 3.66. The van der Waals surface area contributed by atoms with Gasteiger partial charge in [0.15, 0.2) is 0 Å². The Bertz CT molecular complexity index is 552. The maximum atomic E-state index is 12.5. The highest BCUT2D eigenvalue weighted by Gasteiger charge is 2.26. The number of carbonyl (C=O) groups excluding carboxylic acids is 1. The van der Waals surface area contributed by atoms with E-state index in [9.17, 15) is 4.79 Å². The number of thiophene rings is 1. The van der Waals surface area contributed by atoms with Gasteiger partial charge in [-0.2, -0.15) is 5.10 Å². The van der Waals surface area contributed by atoms with Crippen LogP contribution in [-0.4, -0.2) is 38.2 Å². The van der Waals surface area contributed by atoms with Gasteiger partial charge in [-0.3, -0.25) is 4.79 Å². The maximum absolute atomic E-state index is 12.5. The molecule has 0 radical (unpaired) electrons. The van der Waals surface area contributed by atoms with Gasteiger partial charge in [-0.1, -0.05) is 6.07 Å². The van der Waals surface area contributed by atoms with E-state index in [0.29, 0.717) is 12.6 Å². The number of rotatable bonds is 5. The molecule has 5 nitrogen and oxygen atoms in total. The Morgan fingerprint density at radius 2 is 2.38 bits per heavy atom. The molecule has 1 unspecified atom stereocenters. The van der Waals surface area contributed by atoms with E-state index in [4.69, 9.17) is 0 Å². The number of likely N-dealkylation sites (tertiary alicyclic amines) is 1. The third-order valence-electron chi connectivity index (χ3n) is 4.02. The lowest BCUT2D eigenvalue weighted by Crippen LogP contribution is -2.45. The number of carbonyl (C=O) groups is 1. The summed E-state index contributed by atoms with van der Waals surface area (Å²) < 4.78 is 1.60. The van der Waals surface area contributed by atoms with Crippen LogP contribution in [0.2, 0.25) is 0 Å². The first-order valence-electron chi connectivity index (χ1n) is 7.47. The molecular weight excluding hydrogens is 284 g/mol. The summed E-state index contributed by atoms with van der Waals surface area (Å²) in [5, 5.41) is 6.14.